The summed E-state index contributed by atoms with van der Waals surface area (Å²) in [4.78, 5) is 19.8. The number of hydrogen-bond acceptors (Lipinski definition) is 4. The fourth-order valence-corrected chi connectivity index (χ4v) is 1.87. The molecule has 0 saturated heterocycles. The number of aromatic nitrogens is 2. The van der Waals surface area contributed by atoms with Gasteiger partial charge in [-0.15, -0.1) is 0 Å². The van der Waals surface area contributed by atoms with Gasteiger partial charge in [-0.1, -0.05) is 6.07 Å². The van der Waals surface area contributed by atoms with Crippen molar-refractivity contribution in [1.82, 2.24) is 15.3 Å². The van der Waals surface area contributed by atoms with Gasteiger partial charge in [0, 0.05) is 30.2 Å². The predicted molar refractivity (Wildman–Crippen MR) is 103 cm³/mol. The number of carbonyl (C=O) groups excluding carboxylic acids is 1. The fourth-order valence-electron chi connectivity index (χ4n) is 1.87. The van der Waals surface area contributed by atoms with E-state index in [1.165, 1.54) is 24.7 Å². The topological polar surface area (TPSA) is 91.8 Å². The number of quaternary nitrogens is 1. The Labute approximate surface area is 168 Å². The third-order valence-corrected chi connectivity index (χ3v) is 3.18. The Morgan fingerprint density at radius 3 is 2.24 bits per heavy atom. The van der Waals surface area contributed by atoms with Gasteiger partial charge in [-0.25, -0.2) is 4.98 Å². The van der Waals surface area contributed by atoms with Crippen LogP contribution in [-0.4, -0.2) is 34.2 Å². The van der Waals surface area contributed by atoms with Gasteiger partial charge in [-0.3, -0.25) is 9.78 Å². The first kappa shape index (κ1) is 24.4. The molecule has 0 aromatic carbocycles. The van der Waals surface area contributed by atoms with Crippen LogP contribution in [0.3, 0.4) is 0 Å². The summed E-state index contributed by atoms with van der Waals surface area (Å²) in [7, 11) is 0. The van der Waals surface area contributed by atoms with E-state index in [0.717, 1.165) is 0 Å². The molecule has 0 radical (unpaired) electrons. The molecule has 160 valence electrons. The zero-order chi connectivity index (χ0) is 22.1. The molecule has 2 heterocycles. The second-order valence-corrected chi connectivity index (χ2v) is 7.64. The molecule has 0 aliphatic rings. The molecule has 29 heavy (non-hydrogen) atoms. The lowest BCUT2D eigenvalue weighted by molar-refractivity contribution is -0.458. The van der Waals surface area contributed by atoms with Gasteiger partial charge >= 0.3 is 6.18 Å². The van der Waals surface area contributed by atoms with Gasteiger partial charge in [0.05, 0.1) is 24.6 Å². The Morgan fingerprint density at radius 2 is 1.76 bits per heavy atom. The monoisotopic (exact) mass is 413 g/mol. The second-order valence-electron chi connectivity index (χ2n) is 7.64. The first-order valence-corrected chi connectivity index (χ1v) is 9.07. The molecule has 1 atom stereocenters. The third kappa shape index (κ3) is 11.7. The summed E-state index contributed by atoms with van der Waals surface area (Å²) in [6.45, 7) is 7.53. The summed E-state index contributed by atoms with van der Waals surface area (Å²) in [5.41, 5.74) is 5.21. The number of rotatable bonds is 6. The van der Waals surface area contributed by atoms with Crippen LogP contribution in [0.15, 0.2) is 42.9 Å². The zero-order valence-electron chi connectivity index (χ0n) is 17.1. The molecule has 0 saturated carbocycles. The van der Waals surface area contributed by atoms with E-state index in [9.17, 15) is 18.0 Å². The van der Waals surface area contributed by atoms with Crippen molar-refractivity contribution in [3.8, 4) is 5.88 Å². The van der Waals surface area contributed by atoms with Gasteiger partial charge in [-0.05, 0) is 45.4 Å². The molecule has 2 aromatic rings. The molecular weight excluding hydrogens is 385 g/mol. The molecule has 0 spiro atoms. The highest BCUT2D eigenvalue weighted by atomic mass is 19.4. The van der Waals surface area contributed by atoms with E-state index in [4.69, 9.17) is 4.74 Å². The Balaban J connectivity index is 0.000000749. The SMILES string of the molecule is CC(C)(C)[NH3+].CC(NC(=O)c1ccncc1)c1ccc(OCCC(F)(F)F)nc1. The van der Waals surface area contributed by atoms with Crippen molar-refractivity contribution in [1.29, 1.82) is 0 Å². The highest BCUT2D eigenvalue weighted by molar-refractivity contribution is 5.94. The number of amides is 1. The normalized spacial score (nSPS) is 12.4. The first-order valence-electron chi connectivity index (χ1n) is 9.07. The highest BCUT2D eigenvalue weighted by Gasteiger charge is 2.26. The average molecular weight is 413 g/mol. The lowest BCUT2D eigenvalue weighted by atomic mass is 10.1. The summed E-state index contributed by atoms with van der Waals surface area (Å²) >= 11 is 0. The summed E-state index contributed by atoms with van der Waals surface area (Å²) in [6.07, 6.45) is -0.788. The van der Waals surface area contributed by atoms with Crippen molar-refractivity contribution in [2.45, 2.75) is 51.9 Å². The van der Waals surface area contributed by atoms with Crippen molar-refractivity contribution in [3.63, 3.8) is 0 Å². The first-order chi connectivity index (χ1) is 13.3. The lowest BCUT2D eigenvalue weighted by Crippen LogP contribution is -2.67. The van der Waals surface area contributed by atoms with Crippen molar-refractivity contribution in [2.24, 2.45) is 0 Å². The largest absolute Gasteiger partial charge is 0.477 e. The molecule has 1 unspecified atom stereocenters. The van der Waals surface area contributed by atoms with Gasteiger partial charge in [0.1, 0.15) is 0 Å². The fraction of sp³-hybridized carbons (Fsp3) is 0.450. The van der Waals surface area contributed by atoms with E-state index in [2.05, 4.69) is 41.8 Å². The number of ether oxygens (including phenoxy) is 1. The quantitative estimate of drug-likeness (QED) is 0.760. The number of pyridine rings is 2. The van der Waals surface area contributed by atoms with E-state index in [0.29, 0.717) is 11.1 Å². The van der Waals surface area contributed by atoms with Gasteiger partial charge < -0.3 is 15.8 Å². The molecule has 9 heteroatoms. The standard InChI is InChI=1S/C16H16F3N3O2.C4H11N/c1-11(22-15(23)12-4-7-20-8-5-12)13-2-3-14(21-10-13)24-9-6-16(17,18)19;1-4(2,3)5/h2-5,7-8,10-11H,6,9H2,1H3,(H,22,23);5H2,1-3H3/p+1. The van der Waals surface area contributed by atoms with Gasteiger partial charge in [0.25, 0.3) is 5.91 Å². The number of alkyl halides is 3. The maximum atomic E-state index is 12.0. The van der Waals surface area contributed by atoms with Crippen LogP contribution in [0, 0.1) is 0 Å². The maximum Gasteiger partial charge on any atom is 0.392 e. The van der Waals surface area contributed by atoms with Crippen LogP contribution in [0.5, 0.6) is 5.88 Å². The van der Waals surface area contributed by atoms with Crippen LogP contribution >= 0.6 is 0 Å². The Bertz CT molecular complexity index is 739. The van der Waals surface area contributed by atoms with Crippen LogP contribution in [-0.2, 0) is 0 Å². The summed E-state index contributed by atoms with van der Waals surface area (Å²) in [5.74, 6) is -0.147. The van der Waals surface area contributed by atoms with Crippen LogP contribution in [0.1, 0.15) is 56.1 Å². The average Bonchev–Trinajstić information content (AvgIpc) is 2.60. The van der Waals surface area contributed by atoms with Crippen LogP contribution in [0.2, 0.25) is 0 Å². The highest BCUT2D eigenvalue weighted by Crippen LogP contribution is 2.20. The summed E-state index contributed by atoms with van der Waals surface area (Å²) < 4.78 is 41.1. The minimum Gasteiger partial charge on any atom is -0.477 e. The molecular formula is C20H28F3N4O2+. The van der Waals surface area contributed by atoms with E-state index < -0.39 is 19.2 Å². The van der Waals surface area contributed by atoms with E-state index in [1.54, 1.807) is 25.1 Å². The molecule has 0 aliphatic heterocycles. The Kier molecular flexibility index (Phi) is 9.03. The van der Waals surface area contributed by atoms with E-state index >= 15 is 0 Å². The Hall–Kier alpha value is -2.68. The van der Waals surface area contributed by atoms with Crippen molar-refractivity contribution in [3.05, 3.63) is 54.0 Å². The molecule has 2 aromatic heterocycles. The number of carbonyl (C=O) groups is 1. The molecule has 0 bridgehead atoms. The number of hydrogen-bond donors (Lipinski definition) is 2. The molecule has 6 nitrogen and oxygen atoms in total. The predicted octanol–water partition coefficient (Wildman–Crippen LogP) is 3.33. The van der Waals surface area contributed by atoms with Crippen LogP contribution in [0.4, 0.5) is 13.2 Å². The van der Waals surface area contributed by atoms with Crippen molar-refractivity contribution < 1.29 is 28.4 Å². The van der Waals surface area contributed by atoms with Crippen molar-refractivity contribution in [2.75, 3.05) is 6.61 Å². The third-order valence-electron chi connectivity index (χ3n) is 3.18. The Morgan fingerprint density at radius 1 is 1.17 bits per heavy atom. The number of nitrogens with one attached hydrogen (secondary N) is 1. The minimum absolute atomic E-state index is 0.107. The lowest BCUT2D eigenvalue weighted by Gasteiger charge is -2.14. The van der Waals surface area contributed by atoms with Crippen LogP contribution in [0.25, 0.3) is 0 Å². The van der Waals surface area contributed by atoms with Crippen LogP contribution < -0.4 is 15.8 Å². The van der Waals surface area contributed by atoms with Gasteiger partial charge in [0.2, 0.25) is 5.88 Å². The van der Waals surface area contributed by atoms with Crippen molar-refractivity contribution >= 4 is 5.91 Å². The summed E-state index contributed by atoms with van der Waals surface area (Å²) in [5, 5.41) is 2.80. The molecule has 1 amide bonds. The second kappa shape index (κ2) is 10.8. The molecule has 2 rings (SSSR count). The van der Waals surface area contributed by atoms with E-state index in [-0.39, 0.29) is 23.4 Å². The molecule has 0 aliphatic carbocycles. The number of halogens is 3. The minimum atomic E-state index is -4.26. The van der Waals surface area contributed by atoms with E-state index in [1.807, 2.05) is 0 Å². The summed E-state index contributed by atoms with van der Waals surface area (Å²) in [6, 6.07) is 5.99. The number of nitrogens with zero attached hydrogens (tertiary/aromatic N) is 2. The smallest absolute Gasteiger partial charge is 0.392 e. The maximum absolute atomic E-state index is 12.0. The van der Waals surface area contributed by atoms with Gasteiger partial charge in [0.15, 0.2) is 0 Å². The zero-order valence-corrected chi connectivity index (χ0v) is 17.1. The van der Waals surface area contributed by atoms with Gasteiger partial charge in [-0.2, -0.15) is 13.2 Å². The molecule has 0 fully saturated rings. The molecule has 4 N–H and O–H groups in total.